The first-order valence-corrected chi connectivity index (χ1v) is 11.8. The van der Waals surface area contributed by atoms with E-state index in [2.05, 4.69) is 4.99 Å². The zero-order valence-corrected chi connectivity index (χ0v) is 20.8. The molecule has 0 unspecified atom stereocenters. The van der Waals surface area contributed by atoms with Crippen LogP contribution in [0.4, 0.5) is 5.69 Å². The molecule has 1 aliphatic heterocycles. The van der Waals surface area contributed by atoms with Crippen LogP contribution in [0.3, 0.4) is 0 Å². The number of carbonyl (C=O) groups is 1. The van der Waals surface area contributed by atoms with Crippen LogP contribution in [0.15, 0.2) is 63.5 Å². The molecule has 0 amide bonds. The molecule has 0 radical (unpaired) electrons. The van der Waals surface area contributed by atoms with Crippen LogP contribution in [-0.2, 0) is 9.53 Å². The van der Waals surface area contributed by atoms with Gasteiger partial charge in [0.2, 0.25) is 0 Å². The van der Waals surface area contributed by atoms with Crippen molar-refractivity contribution in [2.75, 3.05) is 20.8 Å². The summed E-state index contributed by atoms with van der Waals surface area (Å²) in [6, 6.07) is 10.2. The fourth-order valence-electron chi connectivity index (χ4n) is 4.01. The van der Waals surface area contributed by atoms with Gasteiger partial charge in [-0.25, -0.2) is 9.79 Å². The first-order valence-electron chi connectivity index (χ1n) is 10.9. The average molecular weight is 510 g/mol. The molecule has 4 rings (SSSR count). The number of benzene rings is 2. The molecule has 0 saturated heterocycles. The first kappa shape index (κ1) is 24.9. The Morgan fingerprint density at radius 3 is 2.61 bits per heavy atom. The number of methoxy groups -OCH3 is 2. The van der Waals surface area contributed by atoms with Gasteiger partial charge in [-0.2, -0.15) is 0 Å². The fourth-order valence-corrected chi connectivity index (χ4v) is 5.06. The Balaban J connectivity index is 1.95. The highest BCUT2D eigenvalue weighted by Gasteiger charge is 2.34. The number of nitrogens with zero attached hydrogens (tertiary/aromatic N) is 3. The lowest BCUT2D eigenvalue weighted by atomic mass is 9.95. The second-order valence-corrected chi connectivity index (χ2v) is 8.78. The predicted molar refractivity (Wildman–Crippen MR) is 133 cm³/mol. The molecule has 1 atom stereocenters. The molecule has 0 spiro atoms. The lowest BCUT2D eigenvalue weighted by molar-refractivity contribution is -0.384. The van der Waals surface area contributed by atoms with Crippen molar-refractivity contribution in [3.05, 3.63) is 94.7 Å². The van der Waals surface area contributed by atoms with Crippen LogP contribution < -0.4 is 24.4 Å². The lowest BCUT2D eigenvalue weighted by Gasteiger charge is -2.24. The molecule has 0 saturated carbocycles. The number of allylic oxidation sites excluding steroid dienone is 1. The normalized spacial score (nSPS) is 15.2. The van der Waals surface area contributed by atoms with Gasteiger partial charge >= 0.3 is 5.97 Å². The second-order valence-electron chi connectivity index (χ2n) is 7.77. The molecule has 2 heterocycles. The average Bonchev–Trinajstić information content (AvgIpc) is 3.17. The van der Waals surface area contributed by atoms with E-state index in [1.807, 2.05) is 0 Å². The second kappa shape index (κ2) is 10.2. The number of carbonyl (C=O) groups excluding carboxylic acids is 1. The SMILES string of the molecule is CCOC(=O)C1=C(C)N=c2s/c(=C\c3ccc(OC)c(OC)c3)c(=O)n2[C@H]1c1cccc([N+](=O)[O-])c1. The van der Waals surface area contributed by atoms with Crippen molar-refractivity contribution in [2.24, 2.45) is 4.99 Å². The molecule has 1 aromatic heterocycles. The number of esters is 1. The van der Waals surface area contributed by atoms with Crippen LogP contribution in [0.5, 0.6) is 11.5 Å². The predicted octanol–water partition coefficient (Wildman–Crippen LogP) is 2.72. The maximum absolute atomic E-state index is 13.6. The third-order valence-electron chi connectivity index (χ3n) is 5.62. The van der Waals surface area contributed by atoms with Gasteiger partial charge < -0.3 is 14.2 Å². The molecule has 2 aromatic carbocycles. The van der Waals surface area contributed by atoms with Crippen LogP contribution in [0.2, 0.25) is 0 Å². The number of hydrogen-bond donors (Lipinski definition) is 0. The zero-order chi connectivity index (χ0) is 26.0. The molecule has 186 valence electrons. The van der Waals surface area contributed by atoms with Gasteiger partial charge in [0.15, 0.2) is 16.3 Å². The Bertz CT molecular complexity index is 1570. The Morgan fingerprint density at radius 1 is 1.19 bits per heavy atom. The van der Waals surface area contributed by atoms with Crippen LogP contribution in [-0.4, -0.2) is 36.3 Å². The van der Waals surface area contributed by atoms with Crippen molar-refractivity contribution < 1.29 is 23.9 Å². The van der Waals surface area contributed by atoms with E-state index in [9.17, 15) is 19.7 Å². The minimum atomic E-state index is -0.937. The van der Waals surface area contributed by atoms with Crippen LogP contribution in [0, 0.1) is 10.1 Å². The highest BCUT2D eigenvalue weighted by atomic mass is 32.1. The highest BCUT2D eigenvalue weighted by Crippen LogP contribution is 2.32. The summed E-state index contributed by atoms with van der Waals surface area (Å²) >= 11 is 1.16. The molecule has 0 aliphatic carbocycles. The molecule has 0 N–H and O–H groups in total. The molecular formula is C25H23N3O7S. The third-order valence-corrected chi connectivity index (χ3v) is 6.60. The van der Waals surface area contributed by atoms with E-state index >= 15 is 0 Å². The summed E-state index contributed by atoms with van der Waals surface area (Å²) < 4.78 is 17.6. The number of non-ortho nitro benzene ring substituents is 1. The van der Waals surface area contributed by atoms with E-state index in [4.69, 9.17) is 14.2 Å². The molecule has 0 fully saturated rings. The van der Waals surface area contributed by atoms with Crippen molar-refractivity contribution in [3.63, 3.8) is 0 Å². The molecule has 0 bridgehead atoms. The topological polar surface area (TPSA) is 122 Å². The number of rotatable bonds is 7. The monoisotopic (exact) mass is 509 g/mol. The van der Waals surface area contributed by atoms with Crippen molar-refractivity contribution >= 4 is 29.1 Å². The van der Waals surface area contributed by atoms with Gasteiger partial charge in [-0.1, -0.05) is 29.5 Å². The first-order chi connectivity index (χ1) is 17.3. The number of hydrogen-bond acceptors (Lipinski definition) is 9. The van der Waals surface area contributed by atoms with E-state index in [0.29, 0.717) is 37.7 Å². The fraction of sp³-hybridized carbons (Fsp3) is 0.240. The number of ether oxygens (including phenoxy) is 3. The molecule has 36 heavy (non-hydrogen) atoms. The zero-order valence-electron chi connectivity index (χ0n) is 20.0. The van der Waals surface area contributed by atoms with Gasteiger partial charge in [-0.15, -0.1) is 0 Å². The number of nitro benzene ring substituents is 1. The van der Waals surface area contributed by atoms with E-state index in [1.54, 1.807) is 44.2 Å². The van der Waals surface area contributed by atoms with Gasteiger partial charge in [0, 0.05) is 12.1 Å². The maximum Gasteiger partial charge on any atom is 0.338 e. The summed E-state index contributed by atoms with van der Waals surface area (Å²) in [7, 11) is 3.06. The van der Waals surface area contributed by atoms with Crippen LogP contribution in [0.25, 0.3) is 6.08 Å². The molecule has 11 heteroatoms. The van der Waals surface area contributed by atoms with Crippen LogP contribution >= 0.6 is 11.3 Å². The largest absolute Gasteiger partial charge is 0.493 e. The minimum Gasteiger partial charge on any atom is -0.493 e. The van der Waals surface area contributed by atoms with E-state index in [1.165, 1.54) is 37.0 Å². The quantitative estimate of drug-likeness (QED) is 0.273. The van der Waals surface area contributed by atoms with Gasteiger partial charge in [-0.3, -0.25) is 19.5 Å². The number of nitro groups is 1. The van der Waals surface area contributed by atoms with E-state index < -0.39 is 16.9 Å². The summed E-state index contributed by atoms with van der Waals surface area (Å²) in [6.45, 7) is 3.46. The molecule has 10 nitrogen and oxygen atoms in total. The van der Waals surface area contributed by atoms with Gasteiger partial charge in [0.25, 0.3) is 11.2 Å². The lowest BCUT2D eigenvalue weighted by Crippen LogP contribution is -2.40. The Hall–Kier alpha value is -4.25. The summed E-state index contributed by atoms with van der Waals surface area (Å²) in [5, 5.41) is 11.4. The van der Waals surface area contributed by atoms with Crippen molar-refractivity contribution in [1.29, 1.82) is 0 Å². The van der Waals surface area contributed by atoms with Gasteiger partial charge in [0.1, 0.15) is 0 Å². The smallest absolute Gasteiger partial charge is 0.338 e. The summed E-state index contributed by atoms with van der Waals surface area (Å²) in [4.78, 5) is 42.4. The maximum atomic E-state index is 13.6. The summed E-state index contributed by atoms with van der Waals surface area (Å²) in [5.74, 6) is 0.426. The van der Waals surface area contributed by atoms with E-state index in [0.717, 1.165) is 11.3 Å². The van der Waals surface area contributed by atoms with Gasteiger partial charge in [-0.05, 0) is 43.2 Å². The Kier molecular flexibility index (Phi) is 7.02. The van der Waals surface area contributed by atoms with Crippen molar-refractivity contribution in [1.82, 2.24) is 4.57 Å². The van der Waals surface area contributed by atoms with E-state index in [-0.39, 0.29) is 23.4 Å². The molecular weight excluding hydrogens is 486 g/mol. The van der Waals surface area contributed by atoms with Crippen LogP contribution in [0.1, 0.15) is 31.0 Å². The summed E-state index contributed by atoms with van der Waals surface area (Å²) in [6.07, 6.45) is 1.69. The number of aromatic nitrogens is 1. The summed E-state index contributed by atoms with van der Waals surface area (Å²) in [5.41, 5.74) is 1.09. The third kappa shape index (κ3) is 4.52. The van der Waals surface area contributed by atoms with Crippen molar-refractivity contribution in [3.8, 4) is 11.5 Å². The number of fused-ring (bicyclic) bond motifs is 1. The Labute approximate surface area is 209 Å². The van der Waals surface area contributed by atoms with Crippen molar-refractivity contribution in [2.45, 2.75) is 19.9 Å². The van der Waals surface area contributed by atoms with Gasteiger partial charge in [0.05, 0.1) is 47.6 Å². The Morgan fingerprint density at radius 2 is 1.94 bits per heavy atom. The molecule has 3 aromatic rings. The standard InChI is InChI=1S/C25H23N3O7S/c1-5-35-24(30)21-14(2)26-25-27(22(21)16-7-6-8-17(13-16)28(31)32)23(29)20(36-25)12-15-9-10-18(33-3)19(11-15)34-4/h6-13,22H,5H2,1-4H3/b20-12-/t22-/m0/s1. The minimum absolute atomic E-state index is 0.126. The highest BCUT2D eigenvalue weighted by molar-refractivity contribution is 7.07. The number of thiazole rings is 1. The molecule has 1 aliphatic rings.